The van der Waals surface area contributed by atoms with Crippen LogP contribution in [0.3, 0.4) is 0 Å². The van der Waals surface area contributed by atoms with E-state index in [4.69, 9.17) is 10.8 Å². The van der Waals surface area contributed by atoms with Crippen LogP contribution in [0.1, 0.15) is 24.7 Å². The molecule has 1 atom stereocenters. The molecule has 4 N–H and O–H groups in total. The van der Waals surface area contributed by atoms with Crippen molar-refractivity contribution in [2.75, 3.05) is 24.2 Å². The minimum Gasteiger partial charge on any atom is -0.396 e. The second kappa shape index (κ2) is 5.65. The molecule has 0 amide bonds. The van der Waals surface area contributed by atoms with E-state index in [-0.39, 0.29) is 6.61 Å². The normalized spacial score (nSPS) is 12.5. The molecule has 1 aromatic heterocycles. The lowest BCUT2D eigenvalue weighted by molar-refractivity contribution is 0.266. The van der Waals surface area contributed by atoms with E-state index < -0.39 is 0 Å². The van der Waals surface area contributed by atoms with Crippen molar-refractivity contribution in [3.05, 3.63) is 11.4 Å². The van der Waals surface area contributed by atoms with Crippen LogP contribution in [0, 0.1) is 19.8 Å². The fourth-order valence-electron chi connectivity index (χ4n) is 1.42. The third-order valence-corrected chi connectivity index (χ3v) is 2.54. The average Bonchev–Trinajstić information content (AvgIpc) is 2.21. The van der Waals surface area contributed by atoms with Crippen LogP contribution in [0.5, 0.6) is 0 Å². The van der Waals surface area contributed by atoms with Gasteiger partial charge in [0.15, 0.2) is 0 Å². The molecule has 1 aromatic rings. The van der Waals surface area contributed by atoms with Gasteiger partial charge in [-0.2, -0.15) is 0 Å². The number of hydrogen-bond donors (Lipinski definition) is 3. The van der Waals surface area contributed by atoms with Gasteiger partial charge in [-0.25, -0.2) is 9.97 Å². The number of nitrogens with one attached hydrogen (secondary N) is 1. The second-order valence-electron chi connectivity index (χ2n) is 4.13. The predicted octanol–water partition coefficient (Wildman–Crippen LogP) is 1.11. The summed E-state index contributed by atoms with van der Waals surface area (Å²) in [6.45, 7) is 6.78. The first-order valence-electron chi connectivity index (χ1n) is 5.50. The first-order chi connectivity index (χ1) is 7.54. The van der Waals surface area contributed by atoms with Crippen LogP contribution in [0.25, 0.3) is 0 Å². The largest absolute Gasteiger partial charge is 0.396 e. The topological polar surface area (TPSA) is 84.1 Å². The zero-order chi connectivity index (χ0) is 12.1. The minimum atomic E-state index is 0.215. The van der Waals surface area contributed by atoms with Crippen LogP contribution < -0.4 is 11.1 Å². The van der Waals surface area contributed by atoms with Gasteiger partial charge in [0, 0.05) is 18.7 Å². The highest BCUT2D eigenvalue weighted by molar-refractivity contribution is 5.54. The number of hydrogen-bond acceptors (Lipinski definition) is 5. The number of aryl methyl sites for hydroxylation is 1. The highest BCUT2D eigenvalue weighted by Gasteiger charge is 2.07. The lowest BCUT2D eigenvalue weighted by atomic mass is 10.1. The summed E-state index contributed by atoms with van der Waals surface area (Å²) in [5.41, 5.74) is 6.63. The van der Waals surface area contributed by atoms with Crippen molar-refractivity contribution >= 4 is 11.6 Å². The standard InChI is InChI=1S/C11H20N4O/c1-7(4-5-16)6-13-11-8(2)10(12)14-9(3)15-11/h7,16H,4-6H2,1-3H3,(H3,12,13,14,15). The van der Waals surface area contributed by atoms with Gasteiger partial charge in [0.25, 0.3) is 0 Å². The average molecular weight is 224 g/mol. The molecule has 0 saturated carbocycles. The molecule has 0 aromatic carbocycles. The monoisotopic (exact) mass is 224 g/mol. The smallest absolute Gasteiger partial charge is 0.134 e. The predicted molar refractivity (Wildman–Crippen MR) is 65.3 cm³/mol. The number of nitrogen functional groups attached to an aromatic ring is 1. The Morgan fingerprint density at radius 1 is 1.38 bits per heavy atom. The van der Waals surface area contributed by atoms with E-state index in [9.17, 15) is 0 Å². The summed E-state index contributed by atoms with van der Waals surface area (Å²) < 4.78 is 0. The highest BCUT2D eigenvalue weighted by Crippen LogP contribution is 2.17. The van der Waals surface area contributed by atoms with Crippen LogP contribution in [-0.4, -0.2) is 28.2 Å². The van der Waals surface area contributed by atoms with Crippen LogP contribution in [0.2, 0.25) is 0 Å². The Kier molecular flexibility index (Phi) is 4.49. The summed E-state index contributed by atoms with van der Waals surface area (Å²) in [4.78, 5) is 8.38. The third-order valence-electron chi connectivity index (χ3n) is 2.54. The van der Waals surface area contributed by atoms with Gasteiger partial charge in [-0.3, -0.25) is 0 Å². The van der Waals surface area contributed by atoms with Crippen molar-refractivity contribution in [1.29, 1.82) is 0 Å². The van der Waals surface area contributed by atoms with E-state index in [1.54, 1.807) is 0 Å². The van der Waals surface area contributed by atoms with Gasteiger partial charge in [0.05, 0.1) is 0 Å². The van der Waals surface area contributed by atoms with Crippen molar-refractivity contribution in [3.63, 3.8) is 0 Å². The Bertz CT molecular complexity index is 354. The lowest BCUT2D eigenvalue weighted by Gasteiger charge is -2.14. The summed E-state index contributed by atoms with van der Waals surface area (Å²) in [5, 5.41) is 12.0. The Morgan fingerprint density at radius 3 is 2.69 bits per heavy atom. The molecular formula is C11H20N4O. The zero-order valence-corrected chi connectivity index (χ0v) is 10.1. The van der Waals surface area contributed by atoms with Gasteiger partial charge in [0.1, 0.15) is 17.5 Å². The summed E-state index contributed by atoms with van der Waals surface area (Å²) in [6, 6.07) is 0. The van der Waals surface area contributed by atoms with Crippen LogP contribution in [0.15, 0.2) is 0 Å². The van der Waals surface area contributed by atoms with Crippen molar-refractivity contribution in [3.8, 4) is 0 Å². The lowest BCUT2D eigenvalue weighted by Crippen LogP contribution is -2.15. The van der Waals surface area contributed by atoms with E-state index >= 15 is 0 Å². The molecule has 1 heterocycles. The fraction of sp³-hybridized carbons (Fsp3) is 0.636. The summed E-state index contributed by atoms with van der Waals surface area (Å²) in [6.07, 6.45) is 0.783. The molecule has 90 valence electrons. The molecule has 1 unspecified atom stereocenters. The maximum atomic E-state index is 8.80. The number of aliphatic hydroxyl groups is 1. The molecule has 5 heteroatoms. The van der Waals surface area contributed by atoms with Gasteiger partial charge in [0.2, 0.25) is 0 Å². The number of aliphatic hydroxyl groups excluding tert-OH is 1. The van der Waals surface area contributed by atoms with E-state index in [2.05, 4.69) is 22.2 Å². The Morgan fingerprint density at radius 2 is 2.06 bits per heavy atom. The Hall–Kier alpha value is -1.36. The second-order valence-corrected chi connectivity index (χ2v) is 4.13. The Labute approximate surface area is 96.1 Å². The van der Waals surface area contributed by atoms with E-state index in [0.717, 1.165) is 24.3 Å². The first kappa shape index (κ1) is 12.7. The molecule has 0 aliphatic heterocycles. The van der Waals surface area contributed by atoms with Gasteiger partial charge in [-0.15, -0.1) is 0 Å². The quantitative estimate of drug-likeness (QED) is 0.697. The summed E-state index contributed by atoms with van der Waals surface area (Å²) in [5.74, 6) is 2.38. The molecule has 0 radical (unpaired) electrons. The summed E-state index contributed by atoms with van der Waals surface area (Å²) >= 11 is 0. The molecule has 0 bridgehead atoms. The van der Waals surface area contributed by atoms with Crippen LogP contribution in [0.4, 0.5) is 11.6 Å². The zero-order valence-electron chi connectivity index (χ0n) is 10.1. The highest BCUT2D eigenvalue weighted by atomic mass is 16.3. The van der Waals surface area contributed by atoms with Gasteiger partial charge in [-0.05, 0) is 26.2 Å². The number of anilines is 2. The van der Waals surface area contributed by atoms with Crippen molar-refractivity contribution in [2.24, 2.45) is 5.92 Å². The number of nitrogens with zero attached hydrogens (tertiary/aromatic N) is 2. The molecule has 1 rings (SSSR count). The fourth-order valence-corrected chi connectivity index (χ4v) is 1.42. The van der Waals surface area contributed by atoms with Gasteiger partial charge >= 0.3 is 0 Å². The van der Waals surface area contributed by atoms with E-state index in [1.165, 1.54) is 0 Å². The molecule has 16 heavy (non-hydrogen) atoms. The van der Waals surface area contributed by atoms with Crippen LogP contribution in [-0.2, 0) is 0 Å². The maximum Gasteiger partial charge on any atom is 0.134 e. The van der Waals surface area contributed by atoms with Gasteiger partial charge < -0.3 is 16.2 Å². The molecule has 0 aliphatic carbocycles. The third kappa shape index (κ3) is 3.34. The molecule has 5 nitrogen and oxygen atoms in total. The molecule has 0 spiro atoms. The number of aromatic nitrogens is 2. The molecular weight excluding hydrogens is 204 g/mol. The van der Waals surface area contributed by atoms with Crippen molar-refractivity contribution < 1.29 is 5.11 Å². The molecule has 0 fully saturated rings. The van der Waals surface area contributed by atoms with Gasteiger partial charge in [-0.1, -0.05) is 6.92 Å². The molecule has 0 aliphatic rings. The van der Waals surface area contributed by atoms with Crippen LogP contribution >= 0.6 is 0 Å². The minimum absolute atomic E-state index is 0.215. The van der Waals surface area contributed by atoms with E-state index in [1.807, 2.05) is 13.8 Å². The summed E-state index contributed by atoms with van der Waals surface area (Å²) in [7, 11) is 0. The SMILES string of the molecule is Cc1nc(N)c(C)c(NCC(C)CCO)n1. The van der Waals surface area contributed by atoms with Crippen molar-refractivity contribution in [1.82, 2.24) is 9.97 Å². The number of nitrogens with two attached hydrogens (primary N) is 1. The Balaban J connectivity index is 2.66. The first-order valence-corrected chi connectivity index (χ1v) is 5.50. The maximum absolute atomic E-state index is 8.80. The van der Waals surface area contributed by atoms with E-state index in [0.29, 0.717) is 17.6 Å². The molecule has 0 saturated heterocycles. The number of rotatable bonds is 5. The van der Waals surface area contributed by atoms with Crippen molar-refractivity contribution in [2.45, 2.75) is 27.2 Å².